The molecule has 0 atom stereocenters. The third kappa shape index (κ3) is 11.0. The van der Waals surface area contributed by atoms with Gasteiger partial charge in [0.15, 0.2) is 11.6 Å². The van der Waals surface area contributed by atoms with Crippen molar-refractivity contribution in [3.63, 3.8) is 0 Å². The van der Waals surface area contributed by atoms with Gasteiger partial charge in [-0.25, -0.2) is 20.1 Å². The van der Waals surface area contributed by atoms with Crippen LogP contribution in [0.4, 0.5) is 11.6 Å². The first kappa shape index (κ1) is 26.3. The van der Waals surface area contributed by atoms with E-state index in [0.717, 1.165) is 10.1 Å². The molecule has 0 saturated heterocycles. The summed E-state index contributed by atoms with van der Waals surface area (Å²) >= 11 is -0.826. The van der Waals surface area contributed by atoms with Gasteiger partial charge in [-0.15, -0.1) is 0 Å². The minimum atomic E-state index is -0.826. The first-order chi connectivity index (χ1) is 12.4. The molecular weight excluding hydrogens is 466 g/mol. The molecule has 0 aromatic carbocycles. The van der Waals surface area contributed by atoms with Gasteiger partial charge in [0.1, 0.15) is 0 Å². The van der Waals surface area contributed by atoms with E-state index >= 15 is 0 Å². The Morgan fingerprint density at radius 3 is 1.22 bits per heavy atom. The fraction of sp³-hybridized carbons (Fsp3) is 0.444. The maximum atomic E-state index is 9.63. The molecule has 0 fully saturated rings. The van der Waals surface area contributed by atoms with Gasteiger partial charge in [0, 0.05) is 12.4 Å². The van der Waals surface area contributed by atoms with Crippen molar-refractivity contribution in [1.82, 2.24) is 9.97 Å². The topological polar surface area (TPSA) is 72.7 Å². The van der Waals surface area contributed by atoms with E-state index in [9.17, 15) is 10.4 Å². The van der Waals surface area contributed by atoms with Crippen LogP contribution in [0.1, 0.15) is 41.5 Å². The van der Waals surface area contributed by atoms with Crippen LogP contribution in [0.5, 0.6) is 0 Å². The van der Waals surface area contributed by atoms with E-state index in [-0.39, 0.29) is 11.1 Å². The molecule has 2 aromatic rings. The summed E-state index contributed by atoms with van der Waals surface area (Å²) in [5.74, 6) is 1.15. The summed E-state index contributed by atoms with van der Waals surface area (Å²) in [6.45, 7) is 11.5. The molecule has 0 aliphatic rings. The predicted octanol–water partition coefficient (Wildman–Crippen LogP) is 5.53. The zero-order chi connectivity index (χ0) is 21.1. The molecule has 2 aromatic heterocycles. The summed E-state index contributed by atoms with van der Waals surface area (Å²) in [7, 11) is 9.87. The Kier molecular flexibility index (Phi) is 12.3. The Labute approximate surface area is 180 Å². The summed E-state index contributed by atoms with van der Waals surface area (Å²) in [4.78, 5) is 8.04. The Hall–Kier alpha value is -0.717. The van der Waals surface area contributed by atoms with Crippen molar-refractivity contribution in [2.75, 3.05) is 10.1 Å². The summed E-state index contributed by atoms with van der Waals surface area (Å²) < 4.78 is 0. The van der Waals surface area contributed by atoms with Crippen LogP contribution in [0.2, 0.25) is 0 Å². The van der Waals surface area contributed by atoms with Crippen molar-refractivity contribution in [3.8, 4) is 0 Å². The zero-order valence-electron chi connectivity index (χ0n) is 16.6. The van der Waals surface area contributed by atoms with Gasteiger partial charge in [0.2, 0.25) is 0 Å². The summed E-state index contributed by atoms with van der Waals surface area (Å²) in [5, 5.41) is 21.6. The van der Waals surface area contributed by atoms with E-state index in [1.165, 1.54) is 0 Å². The Morgan fingerprint density at radius 1 is 0.741 bits per heavy atom. The van der Waals surface area contributed by atoms with Gasteiger partial charge in [0.25, 0.3) is 0 Å². The van der Waals surface area contributed by atoms with Crippen LogP contribution in [-0.2, 0) is 20.8 Å². The minimum absolute atomic E-state index is 0.311. The fourth-order valence-corrected chi connectivity index (χ4v) is 1.65. The van der Waals surface area contributed by atoms with Crippen LogP contribution >= 0.6 is 17.0 Å². The first-order valence-corrected chi connectivity index (χ1v) is 14.5. The maximum absolute atomic E-state index is 9.63. The third-order valence-electron chi connectivity index (χ3n) is 3.00. The zero-order valence-corrected chi connectivity index (χ0v) is 20.5. The second kappa shape index (κ2) is 12.7. The average Bonchev–Trinajstić information content (AvgIpc) is 2.61. The number of pyridine rings is 2. The molecule has 0 aliphatic carbocycles. The molecule has 0 bridgehead atoms. The van der Waals surface area contributed by atoms with E-state index in [1.54, 1.807) is 24.5 Å². The molecule has 0 aliphatic heterocycles. The van der Waals surface area contributed by atoms with Gasteiger partial charge >= 0.3 is 37.9 Å². The number of hydrogen-bond donors (Lipinski definition) is 2. The number of hydrogen-bond acceptors (Lipinski definition) is 6. The van der Waals surface area contributed by atoms with Gasteiger partial charge in [-0.3, -0.25) is 10.4 Å². The van der Waals surface area contributed by atoms with Crippen LogP contribution in [0.15, 0.2) is 48.8 Å². The SMILES string of the molecule is CC(C)(C)N(O)c1ccccn1.CC(C)(C)N(O)c1ccccn1.[Cl][Zr][Cl]. The summed E-state index contributed by atoms with van der Waals surface area (Å²) in [6, 6.07) is 10.9. The normalized spacial score (nSPS) is 10.6. The molecule has 2 N–H and O–H groups in total. The Morgan fingerprint density at radius 2 is 1.04 bits per heavy atom. The summed E-state index contributed by atoms with van der Waals surface area (Å²) in [5.41, 5.74) is -0.622. The number of anilines is 2. The molecule has 0 saturated carbocycles. The Bertz CT molecular complexity index is 567. The van der Waals surface area contributed by atoms with Crippen LogP contribution in [0.25, 0.3) is 0 Å². The number of halogens is 2. The standard InChI is InChI=1S/2C9H14N2O.2ClH.Zr/c2*1-9(2,3)11(12)8-6-4-5-7-10-8;;;/h2*4-7,12H,1-3H3;2*1H;/q;;;;+2/p-2. The van der Waals surface area contributed by atoms with Crippen molar-refractivity contribution in [2.45, 2.75) is 52.6 Å². The van der Waals surface area contributed by atoms with Crippen LogP contribution in [0.3, 0.4) is 0 Å². The van der Waals surface area contributed by atoms with Crippen molar-refractivity contribution >= 4 is 28.7 Å². The van der Waals surface area contributed by atoms with E-state index in [4.69, 9.17) is 17.0 Å². The van der Waals surface area contributed by atoms with Gasteiger partial charge in [-0.1, -0.05) is 12.1 Å². The van der Waals surface area contributed by atoms with Crippen molar-refractivity contribution in [1.29, 1.82) is 0 Å². The first-order valence-electron chi connectivity index (χ1n) is 8.21. The molecule has 2 heterocycles. The number of aromatic nitrogens is 2. The van der Waals surface area contributed by atoms with Crippen LogP contribution < -0.4 is 10.1 Å². The second-order valence-electron chi connectivity index (χ2n) is 7.41. The molecule has 6 nitrogen and oxygen atoms in total. The molecule has 0 spiro atoms. The van der Waals surface area contributed by atoms with Gasteiger partial charge in [-0.05, 0) is 65.8 Å². The Balaban J connectivity index is 0.000000438. The van der Waals surface area contributed by atoms with Crippen LogP contribution in [0, 0.1) is 0 Å². The summed E-state index contributed by atoms with van der Waals surface area (Å²) in [6.07, 6.45) is 3.31. The van der Waals surface area contributed by atoms with Gasteiger partial charge < -0.3 is 0 Å². The monoisotopic (exact) mass is 492 g/mol. The van der Waals surface area contributed by atoms with Crippen molar-refractivity contribution < 1.29 is 31.3 Å². The van der Waals surface area contributed by atoms with Crippen LogP contribution in [-0.4, -0.2) is 31.5 Å². The van der Waals surface area contributed by atoms with E-state index in [1.807, 2.05) is 65.8 Å². The average molecular weight is 495 g/mol. The molecule has 2 rings (SSSR count). The van der Waals surface area contributed by atoms with E-state index < -0.39 is 20.8 Å². The fourth-order valence-electron chi connectivity index (χ4n) is 1.65. The molecule has 0 unspecified atom stereocenters. The van der Waals surface area contributed by atoms with Gasteiger partial charge in [-0.2, -0.15) is 0 Å². The second-order valence-corrected chi connectivity index (χ2v) is 11.1. The van der Waals surface area contributed by atoms with E-state index in [0.29, 0.717) is 11.6 Å². The molecule has 0 amide bonds. The third-order valence-corrected chi connectivity index (χ3v) is 3.00. The molecular formula is C18H28Cl2N4O2Zr. The number of hydroxylamine groups is 2. The predicted molar refractivity (Wildman–Crippen MR) is 108 cm³/mol. The molecule has 150 valence electrons. The van der Waals surface area contributed by atoms with E-state index in [2.05, 4.69) is 9.97 Å². The quantitative estimate of drug-likeness (QED) is 0.535. The number of nitrogens with zero attached hydrogens (tertiary/aromatic N) is 4. The van der Waals surface area contributed by atoms with Crippen molar-refractivity contribution in [2.24, 2.45) is 0 Å². The molecule has 27 heavy (non-hydrogen) atoms. The van der Waals surface area contributed by atoms with Gasteiger partial charge in [0.05, 0.1) is 11.1 Å². The number of rotatable bonds is 2. The van der Waals surface area contributed by atoms with Crippen molar-refractivity contribution in [3.05, 3.63) is 48.8 Å². The molecule has 0 radical (unpaired) electrons. The molecule has 9 heteroatoms.